The van der Waals surface area contributed by atoms with Crippen molar-refractivity contribution < 1.29 is 14.4 Å². The van der Waals surface area contributed by atoms with Crippen LogP contribution in [0.3, 0.4) is 0 Å². The highest BCUT2D eigenvalue weighted by atomic mass is 16.2. The number of rotatable bonds is 7. The number of fused-ring (bicyclic) bond motifs is 2. The summed E-state index contributed by atoms with van der Waals surface area (Å²) < 4.78 is 1.64. The van der Waals surface area contributed by atoms with Crippen molar-refractivity contribution in [2.75, 3.05) is 10.6 Å². The van der Waals surface area contributed by atoms with Crippen LogP contribution in [-0.2, 0) is 11.3 Å². The molecule has 0 radical (unpaired) electrons. The first-order valence-electron chi connectivity index (χ1n) is 12.8. The molecule has 1 aliphatic heterocycles. The second-order valence-corrected chi connectivity index (χ2v) is 9.54. The Hall–Kier alpha value is -5.38. The number of H-pyrrole nitrogens is 1. The summed E-state index contributed by atoms with van der Waals surface area (Å²) in [7, 11) is 0. The number of nitrogens with zero attached hydrogens (tertiary/aromatic N) is 4. The summed E-state index contributed by atoms with van der Waals surface area (Å²) in [6.07, 6.45) is 3.35. The number of hydrogen-bond donors (Lipinski definition) is 3. The molecule has 0 spiro atoms. The summed E-state index contributed by atoms with van der Waals surface area (Å²) in [5.41, 5.74) is 5.63. The molecule has 10 heteroatoms. The van der Waals surface area contributed by atoms with Gasteiger partial charge >= 0.3 is 0 Å². The smallest absolute Gasteiger partial charge is 0.273 e. The van der Waals surface area contributed by atoms with Gasteiger partial charge in [0.05, 0.1) is 23.1 Å². The molecule has 10 nitrogen and oxygen atoms in total. The average molecular weight is 532 g/mol. The number of nitrogens with one attached hydrogen (secondary N) is 3. The van der Waals surface area contributed by atoms with E-state index in [0.717, 1.165) is 22.2 Å². The topological polar surface area (TPSA) is 134 Å². The Balaban J connectivity index is 1.16. The third-order valence-electron chi connectivity index (χ3n) is 6.83. The fourth-order valence-electron chi connectivity index (χ4n) is 4.78. The van der Waals surface area contributed by atoms with Gasteiger partial charge in [0.15, 0.2) is 5.78 Å². The summed E-state index contributed by atoms with van der Waals surface area (Å²) in [5, 5.41) is 17.9. The van der Waals surface area contributed by atoms with Gasteiger partial charge < -0.3 is 10.6 Å². The van der Waals surface area contributed by atoms with Gasteiger partial charge in [-0.1, -0.05) is 12.1 Å². The van der Waals surface area contributed by atoms with E-state index in [1.54, 1.807) is 65.6 Å². The molecule has 1 atom stereocenters. The molecule has 0 saturated carbocycles. The van der Waals surface area contributed by atoms with Crippen molar-refractivity contribution in [1.29, 1.82) is 0 Å². The van der Waals surface area contributed by atoms with Gasteiger partial charge in [0.2, 0.25) is 5.91 Å². The minimum absolute atomic E-state index is 0.195. The first-order valence-corrected chi connectivity index (χ1v) is 12.8. The molecule has 1 aliphatic rings. The second kappa shape index (κ2) is 10.1. The number of ketones is 1. The summed E-state index contributed by atoms with van der Waals surface area (Å²) >= 11 is 0. The molecule has 5 aromatic rings. The van der Waals surface area contributed by atoms with Gasteiger partial charge in [0, 0.05) is 40.6 Å². The number of aliphatic imine (C=N–C) groups is 1. The van der Waals surface area contributed by atoms with E-state index in [0.29, 0.717) is 40.4 Å². The number of aromatic nitrogens is 4. The third kappa shape index (κ3) is 4.66. The number of carbonyl (C=O) groups excluding carboxylic acids is 3. The van der Waals surface area contributed by atoms with Crippen molar-refractivity contribution >= 4 is 51.8 Å². The maximum absolute atomic E-state index is 13.2. The van der Waals surface area contributed by atoms with Gasteiger partial charge in [0.1, 0.15) is 11.6 Å². The number of aryl methyl sites for hydroxylation is 2. The predicted octanol–water partition coefficient (Wildman–Crippen LogP) is 5.01. The molecule has 2 amide bonds. The van der Waals surface area contributed by atoms with E-state index in [-0.39, 0.29) is 17.6 Å². The van der Waals surface area contributed by atoms with Crippen molar-refractivity contribution in [3.8, 4) is 0 Å². The Bertz CT molecular complexity index is 1810. The zero-order valence-electron chi connectivity index (χ0n) is 21.8. The number of carbonyl (C=O) groups is 3. The predicted molar refractivity (Wildman–Crippen MR) is 153 cm³/mol. The molecule has 3 N–H and O–H groups in total. The Morgan fingerprint density at radius 1 is 1.05 bits per heavy atom. The Kier molecular flexibility index (Phi) is 6.27. The molecule has 3 aromatic carbocycles. The number of amides is 2. The fraction of sp³-hybridized carbons (Fsp3) is 0.133. The van der Waals surface area contributed by atoms with Crippen molar-refractivity contribution in [2.24, 2.45) is 4.99 Å². The molecule has 6 rings (SSSR count). The average Bonchev–Trinajstić information content (AvgIpc) is 3.67. The van der Waals surface area contributed by atoms with E-state index < -0.39 is 5.92 Å². The molecule has 1 unspecified atom stereocenters. The van der Waals surface area contributed by atoms with Gasteiger partial charge in [-0.05, 0) is 74.0 Å². The molecule has 0 aliphatic carbocycles. The van der Waals surface area contributed by atoms with Gasteiger partial charge in [-0.25, -0.2) is 0 Å². The maximum atomic E-state index is 13.2. The van der Waals surface area contributed by atoms with Crippen molar-refractivity contribution in [3.63, 3.8) is 0 Å². The van der Waals surface area contributed by atoms with E-state index >= 15 is 0 Å². The van der Waals surface area contributed by atoms with E-state index in [9.17, 15) is 14.4 Å². The van der Waals surface area contributed by atoms with Gasteiger partial charge in [-0.3, -0.25) is 29.2 Å². The van der Waals surface area contributed by atoms with Gasteiger partial charge in [-0.2, -0.15) is 10.2 Å². The molecule has 0 fully saturated rings. The first-order chi connectivity index (χ1) is 19.4. The fourth-order valence-corrected chi connectivity index (χ4v) is 4.78. The normalized spacial score (nSPS) is 14.4. The lowest BCUT2D eigenvalue weighted by atomic mass is 9.97. The lowest BCUT2D eigenvalue weighted by Gasteiger charge is -2.08. The Morgan fingerprint density at radius 3 is 2.65 bits per heavy atom. The van der Waals surface area contributed by atoms with Crippen LogP contribution in [-0.4, -0.2) is 43.8 Å². The molecule has 3 heterocycles. The summed E-state index contributed by atoms with van der Waals surface area (Å²) in [4.78, 5) is 43.1. The van der Waals surface area contributed by atoms with Crippen LogP contribution in [0.25, 0.3) is 10.9 Å². The Morgan fingerprint density at radius 2 is 1.85 bits per heavy atom. The van der Waals surface area contributed by atoms with Gasteiger partial charge in [-0.15, -0.1) is 0 Å². The van der Waals surface area contributed by atoms with E-state index in [1.807, 2.05) is 32.0 Å². The van der Waals surface area contributed by atoms with Crippen molar-refractivity contribution in [3.05, 3.63) is 101 Å². The van der Waals surface area contributed by atoms with Crippen LogP contribution in [0.15, 0.2) is 77.9 Å². The zero-order valence-corrected chi connectivity index (χ0v) is 21.8. The van der Waals surface area contributed by atoms with Crippen LogP contribution >= 0.6 is 0 Å². The molecule has 0 saturated heterocycles. The molecule has 198 valence electrons. The van der Waals surface area contributed by atoms with Crippen LogP contribution in [0, 0.1) is 6.92 Å². The van der Waals surface area contributed by atoms with Gasteiger partial charge in [0.25, 0.3) is 5.91 Å². The monoisotopic (exact) mass is 531 g/mol. The second-order valence-electron chi connectivity index (χ2n) is 9.54. The van der Waals surface area contributed by atoms with E-state index in [2.05, 4.69) is 30.9 Å². The molecular weight excluding hydrogens is 506 g/mol. The van der Waals surface area contributed by atoms with Crippen LogP contribution in [0.1, 0.15) is 50.5 Å². The Labute approximate surface area is 229 Å². The largest absolute Gasteiger partial charge is 0.325 e. The summed E-state index contributed by atoms with van der Waals surface area (Å²) in [6.45, 7) is 4.34. The number of hydrogen-bond acceptors (Lipinski definition) is 6. The summed E-state index contributed by atoms with van der Waals surface area (Å²) in [6, 6.07) is 19.3. The molecule has 2 aromatic heterocycles. The van der Waals surface area contributed by atoms with E-state index in [1.165, 1.54) is 0 Å². The maximum Gasteiger partial charge on any atom is 0.273 e. The molecule has 0 bridgehead atoms. The standard InChI is InChI=1S/C30H25N7O3/c1-3-37-27(12-17(2)36-37)30(40)33-21-8-4-18(5-9-21)28(38)19-7-11-23-24(29(39)34-26(23)13-19)16-31-22-10-6-20-15-32-35-25(20)14-22/h4-16,24H,3H2,1-2H3,(H,32,35)(H,33,40)(H,34,39). The summed E-state index contributed by atoms with van der Waals surface area (Å²) in [5.74, 6) is -1.23. The third-order valence-corrected chi connectivity index (χ3v) is 6.83. The van der Waals surface area contributed by atoms with Crippen LogP contribution in [0.4, 0.5) is 17.1 Å². The van der Waals surface area contributed by atoms with Crippen LogP contribution < -0.4 is 10.6 Å². The van der Waals surface area contributed by atoms with E-state index in [4.69, 9.17) is 0 Å². The SMILES string of the molecule is CCn1nc(C)cc1C(=O)Nc1ccc(C(=O)c2ccc3c(c2)NC(=O)C3C=Nc2ccc3cn[nH]c3c2)cc1. The highest BCUT2D eigenvalue weighted by Crippen LogP contribution is 2.33. The number of anilines is 2. The van der Waals surface area contributed by atoms with Crippen LogP contribution in [0.2, 0.25) is 0 Å². The highest BCUT2D eigenvalue weighted by molar-refractivity contribution is 6.15. The quantitative estimate of drug-likeness (QED) is 0.201. The minimum Gasteiger partial charge on any atom is -0.325 e. The number of benzene rings is 3. The highest BCUT2D eigenvalue weighted by Gasteiger charge is 2.30. The minimum atomic E-state index is -0.563. The lowest BCUT2D eigenvalue weighted by molar-refractivity contribution is -0.115. The first kappa shape index (κ1) is 24.9. The molecular formula is C30H25N7O3. The van der Waals surface area contributed by atoms with Crippen LogP contribution in [0.5, 0.6) is 0 Å². The number of aromatic amines is 1. The zero-order chi connectivity index (χ0) is 27.8. The lowest BCUT2D eigenvalue weighted by Crippen LogP contribution is -2.17. The van der Waals surface area contributed by atoms with Crippen molar-refractivity contribution in [2.45, 2.75) is 26.3 Å². The molecule has 40 heavy (non-hydrogen) atoms. The van der Waals surface area contributed by atoms with Crippen molar-refractivity contribution in [1.82, 2.24) is 20.0 Å².